The van der Waals surface area contributed by atoms with E-state index in [1.54, 1.807) is 18.2 Å². The molecule has 0 bridgehead atoms. The van der Waals surface area contributed by atoms with E-state index in [0.717, 1.165) is 5.56 Å². The number of anilines is 2. The summed E-state index contributed by atoms with van der Waals surface area (Å²) < 4.78 is 4.89. The highest BCUT2D eigenvalue weighted by Gasteiger charge is 2.42. The van der Waals surface area contributed by atoms with E-state index in [9.17, 15) is 19.6 Å². The van der Waals surface area contributed by atoms with Gasteiger partial charge in [-0.05, 0) is 23.6 Å². The second kappa shape index (κ2) is 8.70. The molecule has 0 aromatic heterocycles. The van der Waals surface area contributed by atoms with E-state index in [-0.39, 0.29) is 24.3 Å². The Morgan fingerprint density at radius 2 is 1.89 bits per heavy atom. The largest absolute Gasteiger partial charge is 0.632 e. The Bertz CT molecular complexity index is 760. The highest BCUT2D eigenvalue weighted by Crippen LogP contribution is 2.29. The Balaban J connectivity index is 2.21. The van der Waals surface area contributed by atoms with E-state index in [1.165, 1.54) is 20.9 Å². The number of hydrogen-bond donors (Lipinski definition) is 2. The number of rotatable bonds is 6. The fourth-order valence-electron chi connectivity index (χ4n) is 3.49. The van der Waals surface area contributed by atoms with Gasteiger partial charge in [-0.15, -0.1) is 0 Å². The Morgan fingerprint density at radius 1 is 1.25 bits per heavy atom. The molecule has 1 fully saturated rings. The second-order valence-corrected chi connectivity index (χ2v) is 8.00. The molecule has 0 saturated carbocycles. The third-order valence-corrected chi connectivity index (χ3v) is 4.66. The molecule has 2 amide bonds. The minimum atomic E-state index is -0.715. The maximum Gasteiger partial charge on any atom is 0.365 e. The molecule has 2 rings (SSSR count). The predicted octanol–water partition coefficient (Wildman–Crippen LogP) is 2.43. The fourth-order valence-corrected chi connectivity index (χ4v) is 3.49. The van der Waals surface area contributed by atoms with Crippen molar-refractivity contribution in [2.24, 2.45) is 5.92 Å². The van der Waals surface area contributed by atoms with Gasteiger partial charge in [-0.3, -0.25) is 9.59 Å². The van der Waals surface area contributed by atoms with Gasteiger partial charge in [-0.1, -0.05) is 19.9 Å². The van der Waals surface area contributed by atoms with Gasteiger partial charge in [0.15, 0.2) is 12.1 Å². The van der Waals surface area contributed by atoms with Gasteiger partial charge >= 0.3 is 5.97 Å². The van der Waals surface area contributed by atoms with Gasteiger partial charge in [0.05, 0.1) is 7.05 Å². The smallest absolute Gasteiger partial charge is 0.365 e. The number of benzene rings is 1. The van der Waals surface area contributed by atoms with E-state index < -0.39 is 22.8 Å². The summed E-state index contributed by atoms with van der Waals surface area (Å²) in [5.74, 6) is -0.742. The lowest BCUT2D eigenvalue weighted by molar-refractivity contribution is -0.887. The first-order valence-electron chi connectivity index (χ1n) is 9.42. The van der Waals surface area contributed by atoms with Crippen molar-refractivity contribution in [1.82, 2.24) is 0 Å². The van der Waals surface area contributed by atoms with Gasteiger partial charge in [0.1, 0.15) is 6.54 Å². The Kier molecular flexibility index (Phi) is 6.79. The number of amides is 2. The number of esters is 1. The topological polar surface area (TPSA) is 108 Å². The monoisotopic (exact) mass is 391 g/mol. The molecule has 1 aromatic carbocycles. The minimum Gasteiger partial charge on any atom is -0.632 e. The van der Waals surface area contributed by atoms with Crippen molar-refractivity contribution in [1.29, 1.82) is 0 Å². The van der Waals surface area contributed by atoms with Crippen molar-refractivity contribution in [3.8, 4) is 0 Å². The molecule has 1 aromatic rings. The molecule has 1 aliphatic rings. The summed E-state index contributed by atoms with van der Waals surface area (Å²) in [4.78, 5) is 35.3. The highest BCUT2D eigenvalue weighted by molar-refractivity contribution is 5.93. The number of cyclic esters (lactones) is 1. The lowest BCUT2D eigenvalue weighted by Gasteiger charge is -2.49. The molecule has 1 heterocycles. The van der Waals surface area contributed by atoms with Gasteiger partial charge in [0.2, 0.25) is 11.8 Å². The number of quaternary nitrogens is 1. The van der Waals surface area contributed by atoms with E-state index in [2.05, 4.69) is 10.6 Å². The number of ether oxygens (including phenoxy) is 1. The zero-order chi connectivity index (χ0) is 21.1. The van der Waals surface area contributed by atoms with Crippen LogP contribution in [0.4, 0.5) is 11.4 Å². The normalized spacial score (nSPS) is 24.6. The van der Waals surface area contributed by atoms with Crippen LogP contribution in [-0.4, -0.2) is 48.2 Å². The molecular formula is C20H29N3O5. The number of nitrogens with zero attached hydrogens (tertiary/aromatic N) is 1. The van der Waals surface area contributed by atoms with Crippen LogP contribution in [0.1, 0.15) is 39.7 Å². The summed E-state index contributed by atoms with van der Waals surface area (Å²) in [5, 5.41) is 18.4. The maximum absolute atomic E-state index is 13.0. The van der Waals surface area contributed by atoms with E-state index in [1.807, 2.05) is 13.8 Å². The SMILES string of the molecule is CC(=O)Nc1ccc(CC2C[N+](C)([O-])C(CC(C)C)C(=O)O2)c(NC(C)=O)c1. The van der Waals surface area contributed by atoms with Crippen LogP contribution in [0, 0.1) is 11.1 Å². The quantitative estimate of drug-likeness (QED) is 0.440. The molecule has 8 heteroatoms. The van der Waals surface area contributed by atoms with E-state index >= 15 is 0 Å². The third-order valence-electron chi connectivity index (χ3n) is 4.66. The number of morpholine rings is 1. The molecule has 1 aliphatic heterocycles. The average Bonchev–Trinajstić information content (AvgIpc) is 2.52. The van der Waals surface area contributed by atoms with Gasteiger partial charge in [-0.25, -0.2) is 4.79 Å². The number of nitrogens with one attached hydrogen (secondary N) is 2. The molecular weight excluding hydrogens is 362 g/mol. The molecule has 0 spiro atoms. The van der Waals surface area contributed by atoms with Crippen molar-refractivity contribution in [3.63, 3.8) is 0 Å². The number of carbonyl (C=O) groups is 3. The van der Waals surface area contributed by atoms with Crippen LogP contribution in [-0.2, 0) is 25.5 Å². The lowest BCUT2D eigenvalue weighted by atomic mass is 9.98. The molecule has 1 saturated heterocycles. The first-order valence-corrected chi connectivity index (χ1v) is 9.42. The number of hydroxylamine groups is 3. The molecule has 8 nitrogen and oxygen atoms in total. The molecule has 3 unspecified atom stereocenters. The van der Waals surface area contributed by atoms with Gasteiger partial charge in [0, 0.05) is 38.1 Å². The van der Waals surface area contributed by atoms with E-state index in [0.29, 0.717) is 24.2 Å². The summed E-state index contributed by atoms with van der Waals surface area (Å²) in [6.45, 7) is 6.87. The lowest BCUT2D eigenvalue weighted by Crippen LogP contribution is -2.61. The van der Waals surface area contributed by atoms with Gasteiger partial charge in [-0.2, -0.15) is 0 Å². The second-order valence-electron chi connectivity index (χ2n) is 8.00. The fraction of sp³-hybridized carbons (Fsp3) is 0.550. The summed E-state index contributed by atoms with van der Waals surface area (Å²) in [6.07, 6.45) is 0.192. The molecule has 3 atom stereocenters. The Morgan fingerprint density at radius 3 is 2.43 bits per heavy atom. The van der Waals surface area contributed by atoms with Crippen LogP contribution in [0.25, 0.3) is 0 Å². The van der Waals surface area contributed by atoms with Crippen molar-refractivity contribution >= 4 is 29.2 Å². The van der Waals surface area contributed by atoms with Gasteiger partial charge < -0.3 is 25.2 Å². The van der Waals surface area contributed by atoms with Crippen molar-refractivity contribution < 1.29 is 23.8 Å². The summed E-state index contributed by atoms with van der Waals surface area (Å²) in [5.41, 5.74) is 1.78. The number of hydrogen-bond acceptors (Lipinski definition) is 5. The summed E-state index contributed by atoms with van der Waals surface area (Å²) in [7, 11) is 1.51. The number of carbonyl (C=O) groups excluding carboxylic acids is 3. The van der Waals surface area contributed by atoms with Crippen LogP contribution in [0.3, 0.4) is 0 Å². The molecule has 28 heavy (non-hydrogen) atoms. The minimum absolute atomic E-state index is 0.149. The van der Waals surface area contributed by atoms with Gasteiger partial charge in [0.25, 0.3) is 0 Å². The van der Waals surface area contributed by atoms with Crippen molar-refractivity contribution in [3.05, 3.63) is 29.0 Å². The standard InChI is InChI=1S/C20H29N3O5/c1-12(2)8-19-20(26)28-17(11-23(19,5)27)9-15-6-7-16(21-13(3)24)10-18(15)22-14(4)25/h6-7,10,12,17,19H,8-9,11H2,1-5H3,(H,21,24)(H,22,25). The average molecular weight is 391 g/mol. The van der Waals surface area contributed by atoms with Crippen molar-refractivity contribution in [2.75, 3.05) is 24.2 Å². The first-order chi connectivity index (χ1) is 13.0. The van der Waals surface area contributed by atoms with Crippen LogP contribution < -0.4 is 10.6 Å². The zero-order valence-electron chi connectivity index (χ0n) is 17.1. The molecule has 154 valence electrons. The Hall–Kier alpha value is -2.45. The summed E-state index contributed by atoms with van der Waals surface area (Å²) >= 11 is 0. The predicted molar refractivity (Wildman–Crippen MR) is 106 cm³/mol. The zero-order valence-corrected chi connectivity index (χ0v) is 17.1. The first kappa shape index (κ1) is 21.8. The molecule has 0 radical (unpaired) electrons. The molecule has 0 aliphatic carbocycles. The van der Waals surface area contributed by atoms with E-state index in [4.69, 9.17) is 4.74 Å². The Labute approximate surface area is 165 Å². The van der Waals surface area contributed by atoms with Crippen LogP contribution >= 0.6 is 0 Å². The van der Waals surface area contributed by atoms with Crippen LogP contribution in [0.15, 0.2) is 18.2 Å². The van der Waals surface area contributed by atoms with Crippen LogP contribution in [0.5, 0.6) is 0 Å². The molecule has 2 N–H and O–H groups in total. The maximum atomic E-state index is 13.0. The summed E-state index contributed by atoms with van der Waals surface area (Å²) in [6, 6.07) is 4.39. The number of likely N-dealkylation sites (N-methyl/N-ethyl adjacent to an activating group) is 1. The van der Waals surface area contributed by atoms with Crippen molar-refractivity contribution in [2.45, 2.75) is 52.7 Å². The highest BCUT2D eigenvalue weighted by atomic mass is 16.6. The van der Waals surface area contributed by atoms with Crippen LogP contribution in [0.2, 0.25) is 0 Å². The third kappa shape index (κ3) is 5.77.